The van der Waals surface area contributed by atoms with E-state index in [9.17, 15) is 5.11 Å². The van der Waals surface area contributed by atoms with Crippen LogP contribution in [0, 0.1) is 0 Å². The van der Waals surface area contributed by atoms with Crippen molar-refractivity contribution in [3.8, 4) is 16.9 Å². The standard InChI is InChI=1S/C20H25NO.2ClH.Zr/c1-14(2)21-13-17-16(15-9-7-6-8-10-15)11-12-18(19(17)22)20(3,4)5;;;/h6-14,22H,1-5H3;2*1H;/q;;;+2/p-2. The summed E-state index contributed by atoms with van der Waals surface area (Å²) >= 11 is -0.826. The first-order valence-corrected chi connectivity index (χ1v) is 14.5. The molecular formula is C20H25Cl2NOZr. The van der Waals surface area contributed by atoms with Gasteiger partial charge in [-0.25, -0.2) is 0 Å². The Bertz CT molecular complexity index is 695. The summed E-state index contributed by atoms with van der Waals surface area (Å²) < 4.78 is 0. The van der Waals surface area contributed by atoms with E-state index >= 15 is 0 Å². The molecule has 0 saturated carbocycles. The monoisotopic (exact) mass is 455 g/mol. The van der Waals surface area contributed by atoms with E-state index in [1.807, 2.05) is 38.1 Å². The van der Waals surface area contributed by atoms with Gasteiger partial charge in [-0.1, -0.05) is 63.2 Å². The molecule has 0 aromatic heterocycles. The molecule has 0 heterocycles. The molecule has 2 nitrogen and oxygen atoms in total. The van der Waals surface area contributed by atoms with Crippen molar-refractivity contribution in [1.82, 2.24) is 0 Å². The van der Waals surface area contributed by atoms with Crippen LogP contribution in [0.5, 0.6) is 5.75 Å². The predicted molar refractivity (Wildman–Crippen MR) is 107 cm³/mol. The van der Waals surface area contributed by atoms with Gasteiger partial charge in [-0.2, -0.15) is 0 Å². The van der Waals surface area contributed by atoms with Gasteiger partial charge in [0.25, 0.3) is 0 Å². The maximum absolute atomic E-state index is 10.8. The maximum atomic E-state index is 10.8. The van der Waals surface area contributed by atoms with E-state index in [0.29, 0.717) is 5.75 Å². The minimum absolute atomic E-state index is 0.111. The van der Waals surface area contributed by atoms with E-state index < -0.39 is 20.8 Å². The average Bonchev–Trinajstić information content (AvgIpc) is 2.53. The van der Waals surface area contributed by atoms with Crippen LogP contribution in [0.4, 0.5) is 0 Å². The summed E-state index contributed by atoms with van der Waals surface area (Å²) in [5, 5.41) is 10.8. The molecule has 2 aromatic carbocycles. The van der Waals surface area contributed by atoms with Crippen LogP contribution in [0.25, 0.3) is 11.1 Å². The summed E-state index contributed by atoms with van der Waals surface area (Å²) in [5.74, 6) is 0.332. The number of nitrogens with zero attached hydrogens (tertiary/aromatic N) is 1. The summed E-state index contributed by atoms with van der Waals surface area (Å²) in [7, 11) is 9.87. The van der Waals surface area contributed by atoms with Crippen LogP contribution in [-0.4, -0.2) is 17.4 Å². The first kappa shape index (κ1) is 22.4. The second-order valence-corrected chi connectivity index (χ2v) is 10.7. The van der Waals surface area contributed by atoms with Gasteiger partial charge in [-0.05, 0) is 36.0 Å². The van der Waals surface area contributed by atoms with Gasteiger partial charge >= 0.3 is 37.9 Å². The van der Waals surface area contributed by atoms with Crippen LogP contribution in [0.3, 0.4) is 0 Å². The molecule has 0 atom stereocenters. The zero-order valence-corrected chi connectivity index (χ0v) is 19.3. The molecule has 0 amide bonds. The van der Waals surface area contributed by atoms with Crippen molar-refractivity contribution >= 4 is 23.2 Å². The van der Waals surface area contributed by atoms with Crippen LogP contribution < -0.4 is 0 Å². The Kier molecular flexibility index (Phi) is 9.42. The molecule has 0 fully saturated rings. The minimum atomic E-state index is -0.826. The first-order chi connectivity index (χ1) is 11.7. The van der Waals surface area contributed by atoms with Crippen LogP contribution in [0.1, 0.15) is 45.7 Å². The van der Waals surface area contributed by atoms with E-state index in [1.54, 1.807) is 6.21 Å². The normalized spacial score (nSPS) is 11.4. The summed E-state index contributed by atoms with van der Waals surface area (Å²) in [6, 6.07) is 14.4. The Morgan fingerprint density at radius 1 is 1.04 bits per heavy atom. The third-order valence-corrected chi connectivity index (χ3v) is 3.61. The second-order valence-electron chi connectivity index (χ2n) is 6.98. The molecule has 2 rings (SSSR count). The summed E-state index contributed by atoms with van der Waals surface area (Å²) in [4.78, 5) is 4.48. The van der Waals surface area contributed by atoms with Gasteiger partial charge in [0, 0.05) is 17.8 Å². The Morgan fingerprint density at radius 2 is 1.60 bits per heavy atom. The van der Waals surface area contributed by atoms with Gasteiger partial charge in [0.2, 0.25) is 0 Å². The fourth-order valence-electron chi connectivity index (χ4n) is 2.44. The fourth-order valence-corrected chi connectivity index (χ4v) is 2.44. The zero-order chi connectivity index (χ0) is 19.0. The average molecular weight is 458 g/mol. The zero-order valence-electron chi connectivity index (χ0n) is 15.3. The molecular weight excluding hydrogens is 432 g/mol. The van der Waals surface area contributed by atoms with Gasteiger partial charge in [0.05, 0.1) is 0 Å². The SMILES string of the molecule is CC(C)N=Cc1c(-c2ccccc2)ccc(C(C)(C)C)c1O.[Cl][Zr][Cl]. The Morgan fingerprint density at radius 3 is 2.08 bits per heavy atom. The molecule has 0 unspecified atom stereocenters. The number of rotatable bonds is 3. The van der Waals surface area contributed by atoms with Crippen LogP contribution in [0.2, 0.25) is 0 Å². The number of benzene rings is 2. The number of halogens is 2. The van der Waals surface area contributed by atoms with Crippen molar-refractivity contribution in [2.75, 3.05) is 0 Å². The molecule has 25 heavy (non-hydrogen) atoms. The van der Waals surface area contributed by atoms with E-state index in [4.69, 9.17) is 17.0 Å². The molecule has 0 bridgehead atoms. The summed E-state index contributed by atoms with van der Waals surface area (Å²) in [5.41, 5.74) is 3.73. The van der Waals surface area contributed by atoms with Gasteiger partial charge in [0.15, 0.2) is 0 Å². The number of hydrogen-bond donors (Lipinski definition) is 1. The molecule has 0 aliphatic heterocycles. The topological polar surface area (TPSA) is 32.6 Å². The Balaban J connectivity index is 0.000000970. The van der Waals surface area contributed by atoms with Gasteiger partial charge < -0.3 is 5.11 Å². The number of phenolic OH excluding ortho intramolecular Hbond substituents is 1. The van der Waals surface area contributed by atoms with Crippen LogP contribution >= 0.6 is 17.0 Å². The number of hydrogen-bond acceptors (Lipinski definition) is 2. The Hall–Kier alpha value is -0.627. The fraction of sp³-hybridized carbons (Fsp3) is 0.350. The predicted octanol–water partition coefficient (Wildman–Crippen LogP) is 6.56. The quantitative estimate of drug-likeness (QED) is 0.520. The molecule has 0 radical (unpaired) electrons. The number of aliphatic imine (C=N–C) groups is 1. The van der Waals surface area contributed by atoms with Crippen molar-refractivity contribution in [1.29, 1.82) is 0 Å². The van der Waals surface area contributed by atoms with Gasteiger partial charge in [0.1, 0.15) is 5.75 Å². The van der Waals surface area contributed by atoms with Crippen molar-refractivity contribution in [3.63, 3.8) is 0 Å². The van der Waals surface area contributed by atoms with E-state index in [2.05, 4.69) is 44.0 Å². The molecule has 0 saturated heterocycles. The van der Waals surface area contributed by atoms with Crippen molar-refractivity contribution in [2.45, 2.75) is 46.1 Å². The molecule has 2 aromatic rings. The molecule has 0 aliphatic rings. The summed E-state index contributed by atoms with van der Waals surface area (Å²) in [6.07, 6.45) is 1.80. The van der Waals surface area contributed by atoms with E-state index in [-0.39, 0.29) is 11.5 Å². The first-order valence-electron chi connectivity index (χ1n) is 8.13. The van der Waals surface area contributed by atoms with Crippen molar-refractivity contribution in [2.24, 2.45) is 4.99 Å². The van der Waals surface area contributed by atoms with Gasteiger partial charge in [-0.3, -0.25) is 4.99 Å². The van der Waals surface area contributed by atoms with Crippen molar-refractivity contribution in [3.05, 3.63) is 53.6 Å². The third kappa shape index (κ3) is 6.89. The molecule has 1 N–H and O–H groups in total. The molecule has 5 heteroatoms. The summed E-state index contributed by atoms with van der Waals surface area (Å²) in [6.45, 7) is 10.4. The third-order valence-electron chi connectivity index (χ3n) is 3.61. The number of phenols is 1. The van der Waals surface area contributed by atoms with Crippen LogP contribution in [-0.2, 0) is 26.3 Å². The van der Waals surface area contributed by atoms with E-state index in [0.717, 1.165) is 22.3 Å². The molecule has 134 valence electrons. The van der Waals surface area contributed by atoms with Gasteiger partial charge in [-0.15, -0.1) is 0 Å². The second kappa shape index (κ2) is 10.5. The van der Waals surface area contributed by atoms with E-state index in [1.165, 1.54) is 0 Å². The molecule has 0 aliphatic carbocycles. The van der Waals surface area contributed by atoms with Crippen molar-refractivity contribution < 1.29 is 26.0 Å². The Labute approximate surface area is 170 Å². The van der Waals surface area contributed by atoms with Crippen LogP contribution in [0.15, 0.2) is 47.5 Å². The number of aromatic hydroxyl groups is 1. The molecule has 0 spiro atoms.